The van der Waals surface area contributed by atoms with Crippen LogP contribution < -0.4 is 4.74 Å². The zero-order chi connectivity index (χ0) is 14.3. The second-order valence-corrected chi connectivity index (χ2v) is 5.25. The quantitative estimate of drug-likeness (QED) is 0.720. The average molecular weight is 269 g/mol. The molecule has 0 unspecified atom stereocenters. The van der Waals surface area contributed by atoms with Gasteiger partial charge in [0, 0.05) is 24.2 Å². The van der Waals surface area contributed by atoms with E-state index in [0.29, 0.717) is 6.61 Å². The standard InChI is InChI=1S/C17H19NO2/c1-11-5-14-7-13(10-19-3)15-8-17(20-4)12(2)6-16(15)18(14)9-11/h5-9H,10H2,1-4H3. The molecule has 3 heteroatoms. The lowest BCUT2D eigenvalue weighted by molar-refractivity contribution is 0.186. The molecule has 0 aliphatic heterocycles. The van der Waals surface area contributed by atoms with E-state index in [2.05, 4.69) is 48.7 Å². The zero-order valence-electron chi connectivity index (χ0n) is 12.4. The fourth-order valence-corrected chi connectivity index (χ4v) is 2.82. The van der Waals surface area contributed by atoms with Crippen molar-refractivity contribution < 1.29 is 9.47 Å². The van der Waals surface area contributed by atoms with Crippen LogP contribution in [0, 0.1) is 13.8 Å². The van der Waals surface area contributed by atoms with E-state index in [4.69, 9.17) is 9.47 Å². The first-order valence-corrected chi connectivity index (χ1v) is 6.72. The van der Waals surface area contributed by atoms with Gasteiger partial charge in [0.25, 0.3) is 0 Å². The molecule has 0 amide bonds. The second kappa shape index (κ2) is 4.84. The van der Waals surface area contributed by atoms with E-state index < -0.39 is 0 Å². The fraction of sp³-hybridized carbons (Fsp3) is 0.294. The molecule has 0 spiro atoms. The van der Waals surface area contributed by atoms with Crippen LogP contribution in [0.5, 0.6) is 5.75 Å². The fourth-order valence-electron chi connectivity index (χ4n) is 2.82. The summed E-state index contributed by atoms with van der Waals surface area (Å²) in [5, 5.41) is 1.18. The van der Waals surface area contributed by atoms with Crippen LogP contribution in [0.1, 0.15) is 16.7 Å². The Balaban J connectivity index is 2.44. The van der Waals surface area contributed by atoms with Crippen molar-refractivity contribution in [3.8, 4) is 5.75 Å². The molecule has 0 N–H and O–H groups in total. The van der Waals surface area contributed by atoms with Crippen molar-refractivity contribution in [2.45, 2.75) is 20.5 Å². The number of fused-ring (bicyclic) bond motifs is 3. The van der Waals surface area contributed by atoms with Crippen LogP contribution >= 0.6 is 0 Å². The van der Waals surface area contributed by atoms with Gasteiger partial charge in [0.15, 0.2) is 0 Å². The number of pyridine rings is 1. The minimum atomic E-state index is 0.601. The maximum atomic E-state index is 5.45. The molecule has 0 radical (unpaired) electrons. The summed E-state index contributed by atoms with van der Waals surface area (Å²) >= 11 is 0. The molecule has 0 atom stereocenters. The largest absolute Gasteiger partial charge is 0.496 e. The topological polar surface area (TPSA) is 22.9 Å². The van der Waals surface area contributed by atoms with Gasteiger partial charge in [-0.2, -0.15) is 0 Å². The summed E-state index contributed by atoms with van der Waals surface area (Å²) < 4.78 is 13.0. The molecule has 2 heterocycles. The molecule has 1 aromatic carbocycles. The molecule has 20 heavy (non-hydrogen) atoms. The third-order valence-corrected chi connectivity index (χ3v) is 3.73. The Morgan fingerprint density at radius 2 is 1.85 bits per heavy atom. The molecular formula is C17H19NO2. The lowest BCUT2D eigenvalue weighted by Gasteiger charge is -2.13. The molecule has 3 aromatic rings. The van der Waals surface area contributed by atoms with E-state index in [9.17, 15) is 0 Å². The second-order valence-electron chi connectivity index (χ2n) is 5.25. The van der Waals surface area contributed by atoms with Gasteiger partial charge in [-0.1, -0.05) is 0 Å². The van der Waals surface area contributed by atoms with Crippen LogP contribution in [0.4, 0.5) is 0 Å². The van der Waals surface area contributed by atoms with E-state index in [1.165, 1.54) is 27.5 Å². The summed E-state index contributed by atoms with van der Waals surface area (Å²) in [6.45, 7) is 4.79. The molecule has 104 valence electrons. The Bertz CT molecular complexity index is 787. The number of hydrogen-bond acceptors (Lipinski definition) is 2. The Hall–Kier alpha value is -2.00. The predicted molar refractivity (Wildman–Crippen MR) is 81.6 cm³/mol. The van der Waals surface area contributed by atoms with Crippen molar-refractivity contribution in [1.82, 2.24) is 4.40 Å². The number of ether oxygens (including phenoxy) is 2. The van der Waals surface area contributed by atoms with Crippen molar-refractivity contribution in [2.75, 3.05) is 14.2 Å². The minimum Gasteiger partial charge on any atom is -0.496 e. The van der Waals surface area contributed by atoms with Crippen molar-refractivity contribution in [3.63, 3.8) is 0 Å². The third-order valence-electron chi connectivity index (χ3n) is 3.73. The predicted octanol–water partition coefficient (Wildman–Crippen LogP) is 3.86. The van der Waals surface area contributed by atoms with Gasteiger partial charge >= 0.3 is 0 Å². The molecule has 0 saturated heterocycles. The number of methoxy groups -OCH3 is 2. The summed E-state index contributed by atoms with van der Waals surface area (Å²) in [5.41, 5.74) is 5.98. The van der Waals surface area contributed by atoms with Crippen molar-refractivity contribution in [2.24, 2.45) is 0 Å². The summed E-state index contributed by atoms with van der Waals surface area (Å²) in [4.78, 5) is 0. The number of hydrogen-bond donors (Lipinski definition) is 0. The molecular weight excluding hydrogens is 250 g/mol. The number of aryl methyl sites for hydroxylation is 2. The molecule has 3 nitrogen and oxygen atoms in total. The van der Waals surface area contributed by atoms with Crippen LogP contribution in [0.2, 0.25) is 0 Å². The van der Waals surface area contributed by atoms with Crippen LogP contribution in [0.3, 0.4) is 0 Å². The highest BCUT2D eigenvalue weighted by atomic mass is 16.5. The maximum Gasteiger partial charge on any atom is 0.122 e. The van der Waals surface area contributed by atoms with E-state index in [0.717, 1.165) is 11.3 Å². The first kappa shape index (κ1) is 13.0. The molecule has 0 aliphatic carbocycles. The number of rotatable bonds is 3. The summed E-state index contributed by atoms with van der Waals surface area (Å²) in [6, 6.07) is 8.67. The van der Waals surface area contributed by atoms with Crippen LogP contribution in [-0.2, 0) is 11.3 Å². The number of benzene rings is 1. The monoisotopic (exact) mass is 269 g/mol. The van der Waals surface area contributed by atoms with Gasteiger partial charge in [0.05, 0.1) is 19.2 Å². The highest BCUT2D eigenvalue weighted by molar-refractivity contribution is 5.88. The van der Waals surface area contributed by atoms with Crippen molar-refractivity contribution in [1.29, 1.82) is 0 Å². The van der Waals surface area contributed by atoms with Crippen molar-refractivity contribution in [3.05, 3.63) is 47.2 Å². The smallest absolute Gasteiger partial charge is 0.122 e. The lowest BCUT2D eigenvalue weighted by atomic mass is 10.1. The summed E-state index contributed by atoms with van der Waals surface area (Å²) in [6.07, 6.45) is 2.17. The van der Waals surface area contributed by atoms with Crippen LogP contribution in [-0.4, -0.2) is 18.6 Å². The highest BCUT2D eigenvalue weighted by Gasteiger charge is 2.10. The normalized spacial score (nSPS) is 11.4. The molecule has 0 aliphatic rings. The van der Waals surface area contributed by atoms with Gasteiger partial charge in [0.1, 0.15) is 5.75 Å². The van der Waals surface area contributed by atoms with Gasteiger partial charge in [0.2, 0.25) is 0 Å². The minimum absolute atomic E-state index is 0.601. The Morgan fingerprint density at radius 3 is 2.55 bits per heavy atom. The zero-order valence-corrected chi connectivity index (χ0v) is 12.4. The molecule has 0 bridgehead atoms. The Labute approximate surface area is 118 Å². The van der Waals surface area contributed by atoms with Gasteiger partial charge < -0.3 is 13.9 Å². The molecule has 2 aromatic heterocycles. The molecule has 0 saturated carbocycles. The first-order valence-electron chi connectivity index (χ1n) is 6.72. The van der Waals surface area contributed by atoms with Crippen LogP contribution in [0.15, 0.2) is 30.5 Å². The maximum absolute atomic E-state index is 5.45. The van der Waals surface area contributed by atoms with Crippen LogP contribution in [0.25, 0.3) is 16.4 Å². The summed E-state index contributed by atoms with van der Waals surface area (Å²) in [5.74, 6) is 0.915. The first-order chi connectivity index (χ1) is 9.63. The lowest BCUT2D eigenvalue weighted by Crippen LogP contribution is -1.97. The third kappa shape index (κ3) is 1.95. The van der Waals surface area contributed by atoms with Gasteiger partial charge in [-0.25, -0.2) is 0 Å². The molecule has 3 rings (SSSR count). The number of nitrogens with zero attached hydrogens (tertiary/aromatic N) is 1. The highest BCUT2D eigenvalue weighted by Crippen LogP contribution is 2.30. The average Bonchev–Trinajstić information content (AvgIpc) is 2.79. The number of aromatic nitrogens is 1. The van der Waals surface area contributed by atoms with Crippen molar-refractivity contribution >= 4 is 16.4 Å². The van der Waals surface area contributed by atoms with E-state index in [-0.39, 0.29) is 0 Å². The van der Waals surface area contributed by atoms with Gasteiger partial charge in [-0.3, -0.25) is 0 Å². The van der Waals surface area contributed by atoms with Gasteiger partial charge in [-0.05, 0) is 54.8 Å². The molecule has 0 fully saturated rings. The van der Waals surface area contributed by atoms with E-state index in [1.54, 1.807) is 14.2 Å². The summed E-state index contributed by atoms with van der Waals surface area (Å²) in [7, 11) is 3.44. The Morgan fingerprint density at radius 1 is 1.05 bits per heavy atom. The van der Waals surface area contributed by atoms with E-state index >= 15 is 0 Å². The van der Waals surface area contributed by atoms with Gasteiger partial charge in [-0.15, -0.1) is 0 Å². The Kier molecular flexibility index (Phi) is 3.14. The van der Waals surface area contributed by atoms with E-state index in [1.807, 2.05) is 0 Å². The SMILES string of the molecule is COCc1cc2cc(C)cn2c2cc(C)c(OC)cc12.